The Labute approximate surface area is 106 Å². The molecule has 100 valence electrons. The van der Waals surface area contributed by atoms with E-state index in [1.165, 1.54) is 44.9 Å². The number of carboxylic acids is 1. The molecule has 0 amide bonds. The van der Waals surface area contributed by atoms with Crippen LogP contribution in [-0.4, -0.2) is 11.1 Å². The summed E-state index contributed by atoms with van der Waals surface area (Å²) >= 11 is 0. The molecule has 0 saturated carbocycles. The third-order valence-electron chi connectivity index (χ3n) is 3.07. The molecule has 0 aliphatic heterocycles. The molecule has 0 rings (SSSR count). The van der Waals surface area contributed by atoms with Crippen molar-refractivity contribution in [2.24, 2.45) is 5.92 Å². The largest absolute Gasteiger partial charge is 0.481 e. The highest BCUT2D eigenvalue weighted by atomic mass is 16.4. The van der Waals surface area contributed by atoms with E-state index in [2.05, 4.69) is 19.1 Å². The first-order chi connectivity index (χ1) is 8.18. The molecule has 1 atom stereocenters. The van der Waals surface area contributed by atoms with Crippen LogP contribution in [0.5, 0.6) is 0 Å². The Hall–Kier alpha value is -0.790. The molecule has 0 aromatic rings. The Bertz CT molecular complexity index is 209. The van der Waals surface area contributed by atoms with Crippen LogP contribution in [0.2, 0.25) is 0 Å². The fourth-order valence-electron chi connectivity index (χ4n) is 1.75. The van der Waals surface area contributed by atoms with E-state index in [4.69, 9.17) is 5.11 Å². The Morgan fingerprint density at radius 2 is 1.65 bits per heavy atom. The summed E-state index contributed by atoms with van der Waals surface area (Å²) < 4.78 is 0. The molecular formula is C15H28O2. The molecular weight excluding hydrogens is 212 g/mol. The maximum atomic E-state index is 10.6. The van der Waals surface area contributed by atoms with E-state index >= 15 is 0 Å². The Kier molecular flexibility index (Phi) is 11.1. The van der Waals surface area contributed by atoms with E-state index in [1.807, 2.05) is 0 Å². The van der Waals surface area contributed by atoms with Crippen LogP contribution in [-0.2, 0) is 4.79 Å². The molecule has 1 unspecified atom stereocenters. The van der Waals surface area contributed by atoms with Gasteiger partial charge in [0.15, 0.2) is 0 Å². The zero-order chi connectivity index (χ0) is 12.9. The lowest BCUT2D eigenvalue weighted by atomic mass is 10.0. The molecule has 0 spiro atoms. The molecule has 0 bridgehead atoms. The summed E-state index contributed by atoms with van der Waals surface area (Å²) in [5, 5.41) is 8.72. The number of carbonyl (C=O) groups is 1. The Balaban J connectivity index is 3.18. The first kappa shape index (κ1) is 16.2. The van der Waals surface area contributed by atoms with Gasteiger partial charge in [-0.3, -0.25) is 4.79 Å². The molecule has 0 aromatic heterocycles. The Morgan fingerprint density at radius 1 is 1.06 bits per heavy atom. The van der Waals surface area contributed by atoms with Gasteiger partial charge in [-0.1, -0.05) is 58.1 Å². The normalized spacial score (nSPS) is 13.1. The summed E-state index contributed by atoms with van der Waals surface area (Å²) in [6.45, 7) is 4.00. The van der Waals surface area contributed by atoms with Gasteiger partial charge in [-0.25, -0.2) is 0 Å². The van der Waals surface area contributed by atoms with Crippen LogP contribution >= 0.6 is 0 Å². The van der Waals surface area contributed by atoms with Gasteiger partial charge in [0, 0.05) is 0 Å². The van der Waals surface area contributed by atoms with Crippen molar-refractivity contribution < 1.29 is 9.90 Å². The van der Waals surface area contributed by atoms with E-state index in [0.717, 1.165) is 12.8 Å². The Morgan fingerprint density at radius 3 is 2.24 bits per heavy atom. The molecule has 2 heteroatoms. The van der Waals surface area contributed by atoms with Gasteiger partial charge >= 0.3 is 5.97 Å². The number of unbranched alkanes of at least 4 members (excludes halogenated alkanes) is 6. The number of allylic oxidation sites excluding steroid dienone is 2. The minimum atomic E-state index is -0.663. The average Bonchev–Trinajstić information content (AvgIpc) is 2.31. The molecule has 0 fully saturated rings. The highest BCUT2D eigenvalue weighted by Gasteiger charge is 2.09. The average molecular weight is 240 g/mol. The first-order valence-corrected chi connectivity index (χ1v) is 7.06. The summed E-state index contributed by atoms with van der Waals surface area (Å²) in [5.74, 6) is -0.840. The number of hydrogen-bond donors (Lipinski definition) is 1. The van der Waals surface area contributed by atoms with Crippen LogP contribution in [0.4, 0.5) is 0 Å². The second-order valence-corrected chi connectivity index (χ2v) is 4.84. The van der Waals surface area contributed by atoms with E-state index in [0.29, 0.717) is 0 Å². The molecule has 0 radical (unpaired) electrons. The van der Waals surface area contributed by atoms with Crippen molar-refractivity contribution in [1.82, 2.24) is 0 Å². The van der Waals surface area contributed by atoms with Crippen LogP contribution in [0.1, 0.15) is 71.6 Å². The lowest BCUT2D eigenvalue weighted by Crippen LogP contribution is -2.08. The van der Waals surface area contributed by atoms with E-state index in [-0.39, 0.29) is 5.92 Å². The summed E-state index contributed by atoms with van der Waals surface area (Å²) in [5.41, 5.74) is 0. The highest BCUT2D eigenvalue weighted by molar-refractivity contribution is 5.69. The number of rotatable bonds is 11. The van der Waals surface area contributed by atoms with E-state index in [9.17, 15) is 4.79 Å². The maximum absolute atomic E-state index is 10.6. The highest BCUT2D eigenvalue weighted by Crippen LogP contribution is 2.11. The zero-order valence-electron chi connectivity index (χ0n) is 11.5. The van der Waals surface area contributed by atoms with E-state index < -0.39 is 5.97 Å². The molecule has 0 saturated heterocycles. The second kappa shape index (κ2) is 11.7. The lowest BCUT2D eigenvalue weighted by Gasteiger charge is -2.04. The van der Waals surface area contributed by atoms with Gasteiger partial charge < -0.3 is 5.11 Å². The third kappa shape index (κ3) is 11.5. The zero-order valence-corrected chi connectivity index (χ0v) is 11.5. The van der Waals surface area contributed by atoms with Crippen molar-refractivity contribution in [2.45, 2.75) is 71.6 Å². The molecule has 0 aromatic carbocycles. The number of carboxylic acid groups (broad SMARTS) is 1. The van der Waals surface area contributed by atoms with Crippen molar-refractivity contribution in [2.75, 3.05) is 0 Å². The SMILES string of the molecule is CCCC/C=C\CCCCCCC(C)C(=O)O. The monoisotopic (exact) mass is 240 g/mol. The van der Waals surface area contributed by atoms with Crippen molar-refractivity contribution in [3.63, 3.8) is 0 Å². The minimum Gasteiger partial charge on any atom is -0.481 e. The first-order valence-electron chi connectivity index (χ1n) is 7.06. The number of hydrogen-bond acceptors (Lipinski definition) is 1. The summed E-state index contributed by atoms with van der Waals surface area (Å²) in [7, 11) is 0. The predicted molar refractivity (Wildman–Crippen MR) is 73.2 cm³/mol. The van der Waals surface area contributed by atoms with Gasteiger partial charge in [0.05, 0.1) is 5.92 Å². The minimum absolute atomic E-state index is 0.177. The van der Waals surface area contributed by atoms with Crippen molar-refractivity contribution in [3.8, 4) is 0 Å². The molecule has 17 heavy (non-hydrogen) atoms. The van der Waals surface area contributed by atoms with Gasteiger partial charge in [-0.15, -0.1) is 0 Å². The molecule has 1 N–H and O–H groups in total. The topological polar surface area (TPSA) is 37.3 Å². The summed E-state index contributed by atoms with van der Waals surface area (Å²) in [4.78, 5) is 10.6. The third-order valence-corrected chi connectivity index (χ3v) is 3.07. The predicted octanol–water partition coefficient (Wildman–Crippen LogP) is 4.79. The van der Waals surface area contributed by atoms with Crippen LogP contribution < -0.4 is 0 Å². The molecule has 0 aliphatic carbocycles. The maximum Gasteiger partial charge on any atom is 0.306 e. The molecule has 0 aliphatic rings. The van der Waals surface area contributed by atoms with Crippen molar-refractivity contribution >= 4 is 5.97 Å². The van der Waals surface area contributed by atoms with Gasteiger partial charge in [0.1, 0.15) is 0 Å². The van der Waals surface area contributed by atoms with E-state index in [1.54, 1.807) is 6.92 Å². The quantitative estimate of drug-likeness (QED) is 0.416. The second-order valence-electron chi connectivity index (χ2n) is 4.84. The summed E-state index contributed by atoms with van der Waals surface area (Å²) in [6.07, 6.45) is 15.0. The van der Waals surface area contributed by atoms with Gasteiger partial charge in [0.25, 0.3) is 0 Å². The summed E-state index contributed by atoms with van der Waals surface area (Å²) in [6, 6.07) is 0. The van der Waals surface area contributed by atoms with Gasteiger partial charge in [-0.05, 0) is 25.7 Å². The fourth-order valence-corrected chi connectivity index (χ4v) is 1.75. The van der Waals surface area contributed by atoms with Gasteiger partial charge in [-0.2, -0.15) is 0 Å². The van der Waals surface area contributed by atoms with Crippen molar-refractivity contribution in [1.29, 1.82) is 0 Å². The van der Waals surface area contributed by atoms with Gasteiger partial charge in [0.2, 0.25) is 0 Å². The molecule has 0 heterocycles. The smallest absolute Gasteiger partial charge is 0.306 e. The van der Waals surface area contributed by atoms with Crippen LogP contribution in [0.3, 0.4) is 0 Å². The van der Waals surface area contributed by atoms with Crippen molar-refractivity contribution in [3.05, 3.63) is 12.2 Å². The van der Waals surface area contributed by atoms with Crippen LogP contribution in [0, 0.1) is 5.92 Å². The van der Waals surface area contributed by atoms with Crippen LogP contribution in [0.15, 0.2) is 12.2 Å². The van der Waals surface area contributed by atoms with Crippen LogP contribution in [0.25, 0.3) is 0 Å². The standard InChI is InChI=1S/C15H28O2/c1-3-4-5-6-7-8-9-10-11-12-13-14(2)15(16)17/h6-7,14H,3-5,8-13H2,1-2H3,(H,16,17)/b7-6-. The fraction of sp³-hybridized carbons (Fsp3) is 0.800. The molecule has 2 nitrogen and oxygen atoms in total. The lowest BCUT2D eigenvalue weighted by molar-refractivity contribution is -0.141. The number of aliphatic carboxylic acids is 1.